The van der Waals surface area contributed by atoms with E-state index in [0.29, 0.717) is 39.3 Å². The number of piperazine rings is 1. The first-order chi connectivity index (χ1) is 11.2. The molecule has 3 heterocycles. The van der Waals surface area contributed by atoms with Gasteiger partial charge in [0.2, 0.25) is 12.3 Å². The molecule has 7 heteroatoms. The molecule has 2 aliphatic heterocycles. The van der Waals surface area contributed by atoms with E-state index >= 15 is 0 Å². The lowest BCUT2D eigenvalue weighted by atomic mass is 9.95. The van der Waals surface area contributed by atoms with Crippen molar-refractivity contribution in [2.24, 2.45) is 5.92 Å². The first kappa shape index (κ1) is 16.0. The number of hydrogen-bond acceptors (Lipinski definition) is 4. The van der Waals surface area contributed by atoms with Crippen LogP contribution >= 0.6 is 11.3 Å². The van der Waals surface area contributed by atoms with Gasteiger partial charge in [0.15, 0.2) is 0 Å². The quantitative estimate of drug-likeness (QED) is 0.771. The van der Waals surface area contributed by atoms with E-state index in [2.05, 4.69) is 0 Å². The summed E-state index contributed by atoms with van der Waals surface area (Å²) in [6, 6.07) is 3.73. The van der Waals surface area contributed by atoms with Crippen LogP contribution in [0.2, 0.25) is 0 Å². The van der Waals surface area contributed by atoms with Gasteiger partial charge in [0.1, 0.15) is 0 Å². The van der Waals surface area contributed by atoms with Crippen LogP contribution in [-0.2, 0) is 9.59 Å². The summed E-state index contributed by atoms with van der Waals surface area (Å²) in [7, 11) is 0. The largest absolute Gasteiger partial charge is 0.342 e. The number of piperidine rings is 1. The van der Waals surface area contributed by atoms with Gasteiger partial charge in [-0.1, -0.05) is 6.07 Å². The number of carbonyl (C=O) groups is 3. The maximum Gasteiger partial charge on any atom is 0.263 e. The molecule has 1 aromatic rings. The van der Waals surface area contributed by atoms with E-state index in [1.165, 1.54) is 11.3 Å². The van der Waals surface area contributed by atoms with Crippen LogP contribution in [0.25, 0.3) is 0 Å². The van der Waals surface area contributed by atoms with Crippen molar-refractivity contribution < 1.29 is 14.4 Å². The van der Waals surface area contributed by atoms with E-state index in [1.807, 2.05) is 27.3 Å². The Morgan fingerprint density at radius 2 is 1.74 bits per heavy atom. The number of amides is 3. The third-order valence-electron chi connectivity index (χ3n) is 4.64. The molecule has 0 aliphatic carbocycles. The van der Waals surface area contributed by atoms with Crippen molar-refractivity contribution >= 4 is 29.6 Å². The van der Waals surface area contributed by atoms with Gasteiger partial charge in [-0.15, -0.1) is 11.3 Å². The molecule has 0 N–H and O–H groups in total. The number of rotatable bonds is 3. The molecule has 0 unspecified atom stereocenters. The highest BCUT2D eigenvalue weighted by Gasteiger charge is 2.31. The molecule has 0 saturated carbocycles. The molecule has 2 saturated heterocycles. The van der Waals surface area contributed by atoms with Gasteiger partial charge in [0, 0.05) is 45.2 Å². The molecule has 23 heavy (non-hydrogen) atoms. The Morgan fingerprint density at radius 1 is 1.04 bits per heavy atom. The van der Waals surface area contributed by atoms with Crippen molar-refractivity contribution in [3.8, 4) is 0 Å². The SMILES string of the molecule is O=CN1CCN(C(=O)C2CCN(C(=O)c3cccs3)CC2)CC1. The summed E-state index contributed by atoms with van der Waals surface area (Å²) < 4.78 is 0. The van der Waals surface area contributed by atoms with Gasteiger partial charge in [-0.05, 0) is 24.3 Å². The zero-order chi connectivity index (χ0) is 16.2. The second-order valence-electron chi connectivity index (χ2n) is 6.01. The Kier molecular flexibility index (Phi) is 4.95. The zero-order valence-corrected chi connectivity index (χ0v) is 13.8. The standard InChI is InChI=1S/C16H21N3O3S/c20-12-17-7-9-19(10-8-17)15(21)13-3-5-18(6-4-13)16(22)14-2-1-11-23-14/h1-2,11-13H,3-10H2. The second-order valence-corrected chi connectivity index (χ2v) is 6.96. The molecule has 2 aliphatic rings. The van der Waals surface area contributed by atoms with E-state index in [9.17, 15) is 14.4 Å². The van der Waals surface area contributed by atoms with Crippen LogP contribution in [0, 0.1) is 5.92 Å². The molecule has 0 atom stereocenters. The maximum absolute atomic E-state index is 12.6. The van der Waals surface area contributed by atoms with Crippen LogP contribution in [0.4, 0.5) is 0 Å². The summed E-state index contributed by atoms with van der Waals surface area (Å²) in [5.41, 5.74) is 0. The fourth-order valence-electron chi connectivity index (χ4n) is 3.19. The van der Waals surface area contributed by atoms with Crippen LogP contribution < -0.4 is 0 Å². The lowest BCUT2D eigenvalue weighted by molar-refractivity contribution is -0.140. The summed E-state index contributed by atoms with van der Waals surface area (Å²) in [6.45, 7) is 3.75. The van der Waals surface area contributed by atoms with Crippen molar-refractivity contribution in [1.29, 1.82) is 0 Å². The van der Waals surface area contributed by atoms with E-state index < -0.39 is 0 Å². The average molecular weight is 335 g/mol. The summed E-state index contributed by atoms with van der Waals surface area (Å²) in [5, 5.41) is 1.91. The van der Waals surface area contributed by atoms with E-state index in [-0.39, 0.29) is 17.7 Å². The number of nitrogens with zero attached hydrogens (tertiary/aromatic N) is 3. The first-order valence-electron chi connectivity index (χ1n) is 8.00. The number of hydrogen-bond donors (Lipinski definition) is 0. The van der Waals surface area contributed by atoms with E-state index in [0.717, 1.165) is 24.1 Å². The van der Waals surface area contributed by atoms with Crippen LogP contribution in [-0.4, -0.2) is 72.2 Å². The van der Waals surface area contributed by atoms with Crippen LogP contribution in [0.3, 0.4) is 0 Å². The van der Waals surface area contributed by atoms with Crippen molar-refractivity contribution in [2.75, 3.05) is 39.3 Å². The minimum absolute atomic E-state index is 0.00478. The maximum atomic E-state index is 12.6. The molecular weight excluding hydrogens is 314 g/mol. The van der Waals surface area contributed by atoms with Gasteiger partial charge in [-0.3, -0.25) is 14.4 Å². The number of thiophene rings is 1. The minimum atomic E-state index is 0.00478. The smallest absolute Gasteiger partial charge is 0.263 e. The molecule has 6 nitrogen and oxygen atoms in total. The predicted octanol–water partition coefficient (Wildman–Crippen LogP) is 0.901. The van der Waals surface area contributed by atoms with Gasteiger partial charge in [-0.25, -0.2) is 0 Å². The summed E-state index contributed by atoms with van der Waals surface area (Å²) in [5.74, 6) is 0.259. The fraction of sp³-hybridized carbons (Fsp3) is 0.562. The van der Waals surface area contributed by atoms with Gasteiger partial charge in [0.05, 0.1) is 4.88 Å². The lowest BCUT2D eigenvalue weighted by Gasteiger charge is -2.37. The van der Waals surface area contributed by atoms with Crippen LogP contribution in [0.15, 0.2) is 17.5 Å². The van der Waals surface area contributed by atoms with Gasteiger partial charge >= 0.3 is 0 Å². The van der Waals surface area contributed by atoms with Gasteiger partial charge in [-0.2, -0.15) is 0 Å². The Balaban J connectivity index is 1.50. The summed E-state index contributed by atoms with van der Waals surface area (Å²) in [4.78, 5) is 41.8. The Bertz CT molecular complexity index is 559. The monoisotopic (exact) mass is 335 g/mol. The third kappa shape index (κ3) is 3.55. The highest BCUT2D eigenvalue weighted by Crippen LogP contribution is 2.23. The molecule has 2 fully saturated rings. The highest BCUT2D eigenvalue weighted by molar-refractivity contribution is 7.12. The summed E-state index contributed by atoms with van der Waals surface area (Å²) >= 11 is 1.46. The van der Waals surface area contributed by atoms with Crippen molar-refractivity contribution in [2.45, 2.75) is 12.8 Å². The number of carbonyl (C=O) groups excluding carboxylic acids is 3. The highest BCUT2D eigenvalue weighted by atomic mass is 32.1. The number of likely N-dealkylation sites (tertiary alicyclic amines) is 1. The lowest BCUT2D eigenvalue weighted by Crippen LogP contribution is -2.51. The van der Waals surface area contributed by atoms with Crippen LogP contribution in [0.1, 0.15) is 22.5 Å². The molecule has 3 amide bonds. The minimum Gasteiger partial charge on any atom is -0.342 e. The van der Waals surface area contributed by atoms with Gasteiger partial charge in [0.25, 0.3) is 5.91 Å². The molecule has 3 rings (SSSR count). The molecule has 0 radical (unpaired) electrons. The van der Waals surface area contributed by atoms with Crippen LogP contribution in [0.5, 0.6) is 0 Å². The average Bonchev–Trinajstić information content (AvgIpc) is 3.15. The molecule has 1 aromatic heterocycles. The zero-order valence-electron chi connectivity index (χ0n) is 13.0. The summed E-state index contributed by atoms with van der Waals surface area (Å²) in [6.07, 6.45) is 2.30. The molecular formula is C16H21N3O3S. The Morgan fingerprint density at radius 3 is 2.30 bits per heavy atom. The van der Waals surface area contributed by atoms with E-state index in [1.54, 1.807) is 4.90 Å². The van der Waals surface area contributed by atoms with Crippen molar-refractivity contribution in [3.05, 3.63) is 22.4 Å². The fourth-order valence-corrected chi connectivity index (χ4v) is 3.88. The topological polar surface area (TPSA) is 60.9 Å². The Hall–Kier alpha value is -1.89. The van der Waals surface area contributed by atoms with E-state index in [4.69, 9.17) is 0 Å². The second kappa shape index (κ2) is 7.12. The third-order valence-corrected chi connectivity index (χ3v) is 5.50. The molecule has 0 aromatic carbocycles. The van der Waals surface area contributed by atoms with Crippen molar-refractivity contribution in [1.82, 2.24) is 14.7 Å². The first-order valence-corrected chi connectivity index (χ1v) is 8.88. The molecule has 124 valence electrons. The normalized spacial score (nSPS) is 19.7. The predicted molar refractivity (Wildman–Crippen MR) is 87.2 cm³/mol. The van der Waals surface area contributed by atoms with Crippen molar-refractivity contribution in [3.63, 3.8) is 0 Å². The Labute approximate surface area is 139 Å². The van der Waals surface area contributed by atoms with Gasteiger partial charge < -0.3 is 14.7 Å². The molecule has 0 spiro atoms. The molecule has 0 bridgehead atoms.